The van der Waals surface area contributed by atoms with E-state index in [1.807, 2.05) is 23.1 Å². The number of hydrogen-bond donors (Lipinski definition) is 1. The minimum Gasteiger partial charge on any atom is -0.450 e. The molecule has 0 unspecified atom stereocenters. The Labute approximate surface area is 159 Å². The maximum Gasteiger partial charge on any atom is 0.409 e. The summed E-state index contributed by atoms with van der Waals surface area (Å²) in [6.45, 7) is 8.71. The van der Waals surface area contributed by atoms with Crippen LogP contribution in [0.4, 0.5) is 4.79 Å². The molecule has 146 valence electrons. The molecular formula is C20H28N4O3. The number of amides is 2. The first kappa shape index (κ1) is 19.2. The van der Waals surface area contributed by atoms with Gasteiger partial charge in [-0.25, -0.2) is 9.78 Å². The van der Waals surface area contributed by atoms with E-state index in [4.69, 9.17) is 4.74 Å². The lowest BCUT2D eigenvalue weighted by atomic mass is 10.1. The largest absolute Gasteiger partial charge is 0.450 e. The average molecular weight is 372 g/mol. The fraction of sp³-hybridized carbons (Fsp3) is 0.550. The van der Waals surface area contributed by atoms with Crippen LogP contribution >= 0.6 is 0 Å². The molecule has 1 saturated heterocycles. The van der Waals surface area contributed by atoms with Gasteiger partial charge in [-0.3, -0.25) is 4.79 Å². The summed E-state index contributed by atoms with van der Waals surface area (Å²) in [5, 5.41) is 0. The lowest BCUT2D eigenvalue weighted by molar-refractivity contribution is -0.130. The van der Waals surface area contributed by atoms with Gasteiger partial charge in [0.15, 0.2) is 0 Å². The van der Waals surface area contributed by atoms with Crippen molar-refractivity contribution in [3.63, 3.8) is 0 Å². The highest BCUT2D eigenvalue weighted by Crippen LogP contribution is 2.19. The molecule has 1 aliphatic heterocycles. The molecule has 0 aliphatic carbocycles. The van der Waals surface area contributed by atoms with Crippen molar-refractivity contribution in [1.82, 2.24) is 19.8 Å². The van der Waals surface area contributed by atoms with Crippen molar-refractivity contribution < 1.29 is 14.3 Å². The quantitative estimate of drug-likeness (QED) is 0.895. The molecule has 0 bridgehead atoms. The fourth-order valence-corrected chi connectivity index (χ4v) is 3.31. The first-order valence-electron chi connectivity index (χ1n) is 9.66. The Morgan fingerprint density at radius 2 is 1.93 bits per heavy atom. The van der Waals surface area contributed by atoms with Crippen molar-refractivity contribution in [2.45, 2.75) is 39.5 Å². The van der Waals surface area contributed by atoms with E-state index in [1.165, 1.54) is 0 Å². The second-order valence-corrected chi connectivity index (χ2v) is 7.23. The lowest BCUT2D eigenvalue weighted by Gasteiger charge is -2.21. The van der Waals surface area contributed by atoms with Gasteiger partial charge in [0, 0.05) is 32.1 Å². The predicted octanol–water partition coefficient (Wildman–Crippen LogP) is 2.92. The van der Waals surface area contributed by atoms with Gasteiger partial charge >= 0.3 is 6.09 Å². The molecule has 2 amide bonds. The average Bonchev–Trinajstić information content (AvgIpc) is 2.90. The van der Waals surface area contributed by atoms with E-state index in [2.05, 4.69) is 23.8 Å². The molecule has 2 aromatic rings. The molecular weight excluding hydrogens is 344 g/mol. The van der Waals surface area contributed by atoms with Crippen molar-refractivity contribution in [2.75, 3.05) is 32.8 Å². The van der Waals surface area contributed by atoms with Gasteiger partial charge in [-0.05, 0) is 31.0 Å². The highest BCUT2D eigenvalue weighted by atomic mass is 16.6. The normalized spacial score (nSPS) is 15.3. The minimum atomic E-state index is -0.294. The molecule has 1 fully saturated rings. The van der Waals surface area contributed by atoms with E-state index in [9.17, 15) is 9.59 Å². The molecule has 7 heteroatoms. The third kappa shape index (κ3) is 4.59. The number of nitrogens with zero attached hydrogens (tertiary/aromatic N) is 3. The van der Waals surface area contributed by atoms with Crippen LogP contribution in [0.2, 0.25) is 0 Å². The number of ether oxygens (including phenoxy) is 1. The molecule has 0 radical (unpaired) electrons. The number of rotatable bonds is 4. The zero-order valence-electron chi connectivity index (χ0n) is 16.3. The monoisotopic (exact) mass is 372 g/mol. The number of nitrogens with one attached hydrogen (secondary N) is 1. The van der Waals surface area contributed by atoms with Crippen molar-refractivity contribution in [1.29, 1.82) is 0 Å². The number of aromatic nitrogens is 2. The second kappa shape index (κ2) is 8.41. The molecule has 1 aromatic carbocycles. The van der Waals surface area contributed by atoms with Gasteiger partial charge < -0.3 is 19.5 Å². The number of carbonyl (C=O) groups excluding carboxylic acids is 2. The van der Waals surface area contributed by atoms with Crippen LogP contribution in [0.15, 0.2) is 18.2 Å². The highest BCUT2D eigenvalue weighted by Gasteiger charge is 2.22. The smallest absolute Gasteiger partial charge is 0.409 e. The summed E-state index contributed by atoms with van der Waals surface area (Å²) in [6.07, 6.45) is 0.824. The predicted molar refractivity (Wildman–Crippen MR) is 104 cm³/mol. The number of fused-ring (bicyclic) bond motifs is 1. The second-order valence-electron chi connectivity index (χ2n) is 7.23. The van der Waals surface area contributed by atoms with Gasteiger partial charge in [0.1, 0.15) is 5.82 Å². The molecule has 1 aliphatic rings. The Morgan fingerprint density at radius 1 is 1.19 bits per heavy atom. The molecule has 1 N–H and O–H groups in total. The number of carbonyl (C=O) groups is 2. The van der Waals surface area contributed by atoms with E-state index >= 15 is 0 Å². The topological polar surface area (TPSA) is 78.5 Å². The van der Waals surface area contributed by atoms with Crippen LogP contribution in [0.1, 0.15) is 44.5 Å². The summed E-state index contributed by atoms with van der Waals surface area (Å²) in [7, 11) is 0. The van der Waals surface area contributed by atoms with Crippen LogP contribution in [0.5, 0.6) is 0 Å². The molecule has 0 atom stereocenters. The Hall–Kier alpha value is -2.57. The Kier molecular flexibility index (Phi) is 5.98. The van der Waals surface area contributed by atoms with Gasteiger partial charge in [-0.1, -0.05) is 19.9 Å². The standard InChI is InChI=1S/C20H28N4O3/c1-4-27-20(26)24-9-5-8-23(10-11-24)18(25)13-15-6-7-16-17(12-15)22-19(21-16)14(2)3/h6-7,12,14H,4-5,8-11,13H2,1-3H3,(H,21,22). The summed E-state index contributed by atoms with van der Waals surface area (Å²) in [4.78, 5) is 36.1. The molecule has 7 nitrogen and oxygen atoms in total. The van der Waals surface area contributed by atoms with E-state index in [-0.39, 0.29) is 12.0 Å². The maximum absolute atomic E-state index is 12.7. The van der Waals surface area contributed by atoms with E-state index in [0.717, 1.165) is 28.8 Å². The van der Waals surface area contributed by atoms with Crippen LogP contribution in [-0.4, -0.2) is 64.6 Å². The molecule has 0 spiro atoms. The number of aromatic amines is 1. The number of imidazole rings is 1. The number of H-pyrrole nitrogens is 1. The summed E-state index contributed by atoms with van der Waals surface area (Å²) in [5.41, 5.74) is 2.86. The van der Waals surface area contributed by atoms with Gasteiger partial charge in [-0.15, -0.1) is 0 Å². The molecule has 27 heavy (non-hydrogen) atoms. The van der Waals surface area contributed by atoms with Crippen LogP contribution in [-0.2, 0) is 16.0 Å². The van der Waals surface area contributed by atoms with Gasteiger partial charge in [0.2, 0.25) is 5.91 Å². The van der Waals surface area contributed by atoms with Crippen molar-refractivity contribution in [2.24, 2.45) is 0 Å². The van der Waals surface area contributed by atoms with Crippen molar-refractivity contribution in [3.8, 4) is 0 Å². The zero-order chi connectivity index (χ0) is 19.4. The number of benzene rings is 1. The summed E-state index contributed by atoms with van der Waals surface area (Å²) >= 11 is 0. The van der Waals surface area contributed by atoms with Crippen molar-refractivity contribution >= 4 is 23.0 Å². The lowest BCUT2D eigenvalue weighted by Crippen LogP contribution is -2.38. The van der Waals surface area contributed by atoms with Crippen molar-refractivity contribution in [3.05, 3.63) is 29.6 Å². The first-order valence-corrected chi connectivity index (χ1v) is 9.66. The highest BCUT2D eigenvalue weighted by molar-refractivity contribution is 5.82. The number of hydrogen-bond acceptors (Lipinski definition) is 4. The van der Waals surface area contributed by atoms with E-state index < -0.39 is 0 Å². The van der Waals surface area contributed by atoms with E-state index in [0.29, 0.717) is 45.1 Å². The first-order chi connectivity index (χ1) is 13.0. The third-order valence-electron chi connectivity index (χ3n) is 4.84. The SMILES string of the molecule is CCOC(=O)N1CCCN(C(=O)Cc2ccc3nc(C(C)C)[nH]c3c2)CC1. The van der Waals surface area contributed by atoms with Crippen LogP contribution in [0.25, 0.3) is 11.0 Å². The van der Waals surface area contributed by atoms with Crippen LogP contribution in [0, 0.1) is 0 Å². The Morgan fingerprint density at radius 3 is 2.67 bits per heavy atom. The third-order valence-corrected chi connectivity index (χ3v) is 4.84. The maximum atomic E-state index is 12.7. The Balaban J connectivity index is 1.63. The fourth-order valence-electron chi connectivity index (χ4n) is 3.31. The molecule has 0 saturated carbocycles. The van der Waals surface area contributed by atoms with Crippen LogP contribution < -0.4 is 0 Å². The van der Waals surface area contributed by atoms with Gasteiger partial charge in [0.25, 0.3) is 0 Å². The molecule has 1 aromatic heterocycles. The Bertz CT molecular complexity index is 815. The van der Waals surface area contributed by atoms with Crippen LogP contribution in [0.3, 0.4) is 0 Å². The summed E-state index contributed by atoms with van der Waals surface area (Å²) in [6, 6.07) is 5.94. The van der Waals surface area contributed by atoms with E-state index in [1.54, 1.807) is 11.8 Å². The summed E-state index contributed by atoms with van der Waals surface area (Å²) in [5.74, 6) is 1.38. The summed E-state index contributed by atoms with van der Waals surface area (Å²) < 4.78 is 5.06. The zero-order valence-corrected chi connectivity index (χ0v) is 16.3. The van der Waals surface area contributed by atoms with Gasteiger partial charge in [0.05, 0.1) is 24.1 Å². The van der Waals surface area contributed by atoms with Gasteiger partial charge in [-0.2, -0.15) is 0 Å². The molecule has 2 heterocycles. The minimum absolute atomic E-state index is 0.0867. The molecule has 3 rings (SSSR count).